The third-order valence-electron chi connectivity index (χ3n) is 1.84. The van der Waals surface area contributed by atoms with Crippen LogP contribution in [0.25, 0.3) is 0 Å². The van der Waals surface area contributed by atoms with Gasteiger partial charge in [0.1, 0.15) is 0 Å². The fourth-order valence-corrected chi connectivity index (χ4v) is 1.13. The van der Waals surface area contributed by atoms with Gasteiger partial charge in [-0.05, 0) is 6.42 Å². The first-order chi connectivity index (χ1) is 6.70. The Kier molecular flexibility index (Phi) is 9.10. The third-order valence-corrected chi connectivity index (χ3v) is 2.20. The Morgan fingerprint density at radius 2 is 2.14 bits per heavy atom. The smallest absolute Gasteiger partial charge is 0.308 e. The number of hydrogen-bond acceptors (Lipinski definition) is 3. The lowest BCUT2D eigenvalue weighted by Crippen LogP contribution is -2.17. The fourth-order valence-electron chi connectivity index (χ4n) is 1.02. The highest BCUT2D eigenvalue weighted by atomic mass is 35.5. The van der Waals surface area contributed by atoms with Crippen molar-refractivity contribution in [3.05, 3.63) is 0 Å². The molecule has 0 saturated carbocycles. The molecular formula is C10H19ClO3. The first kappa shape index (κ1) is 13.7. The van der Waals surface area contributed by atoms with Crippen molar-refractivity contribution < 1.29 is 14.6 Å². The zero-order valence-corrected chi connectivity index (χ0v) is 9.42. The fraction of sp³-hybridized carbons (Fsp3) is 0.900. The van der Waals surface area contributed by atoms with Gasteiger partial charge >= 0.3 is 5.97 Å². The number of aliphatic hydroxyl groups is 1. The van der Waals surface area contributed by atoms with Gasteiger partial charge in [0.25, 0.3) is 0 Å². The minimum atomic E-state index is -0.778. The van der Waals surface area contributed by atoms with Gasteiger partial charge in [-0.3, -0.25) is 4.79 Å². The van der Waals surface area contributed by atoms with Crippen molar-refractivity contribution in [3.8, 4) is 0 Å². The number of rotatable bonds is 8. The predicted molar refractivity (Wildman–Crippen MR) is 56.4 cm³/mol. The highest BCUT2D eigenvalue weighted by Crippen LogP contribution is 2.01. The van der Waals surface area contributed by atoms with E-state index >= 15 is 0 Å². The number of carbonyl (C=O) groups is 1. The van der Waals surface area contributed by atoms with E-state index in [1.807, 2.05) is 0 Å². The van der Waals surface area contributed by atoms with Crippen molar-refractivity contribution in [1.29, 1.82) is 0 Å². The molecule has 0 aromatic heterocycles. The van der Waals surface area contributed by atoms with Crippen LogP contribution in [0.5, 0.6) is 0 Å². The van der Waals surface area contributed by atoms with Crippen molar-refractivity contribution >= 4 is 17.6 Å². The standard InChI is InChI=1S/C10H19ClO3/c1-2-3-4-5-6-14-10(13)7-9(12)8-11/h9,12H,2-8H2,1H3/t9-/m0/s1. The highest BCUT2D eigenvalue weighted by molar-refractivity contribution is 6.18. The molecule has 0 unspecified atom stereocenters. The van der Waals surface area contributed by atoms with E-state index in [1.54, 1.807) is 0 Å². The molecule has 0 aromatic carbocycles. The summed E-state index contributed by atoms with van der Waals surface area (Å²) in [6.07, 6.45) is 3.54. The molecule has 0 fully saturated rings. The predicted octanol–water partition coefficient (Wildman–Crippen LogP) is 2.10. The number of ether oxygens (including phenoxy) is 1. The Morgan fingerprint density at radius 1 is 1.43 bits per heavy atom. The van der Waals surface area contributed by atoms with Crippen molar-refractivity contribution in [2.45, 2.75) is 45.1 Å². The molecule has 14 heavy (non-hydrogen) atoms. The number of hydrogen-bond donors (Lipinski definition) is 1. The Hall–Kier alpha value is -0.280. The van der Waals surface area contributed by atoms with Crippen molar-refractivity contribution in [2.75, 3.05) is 12.5 Å². The molecule has 0 bridgehead atoms. The normalized spacial score (nSPS) is 12.5. The van der Waals surface area contributed by atoms with Gasteiger partial charge in [-0.2, -0.15) is 0 Å². The first-order valence-electron chi connectivity index (χ1n) is 5.10. The number of esters is 1. The molecule has 0 spiro atoms. The average molecular weight is 223 g/mol. The summed E-state index contributed by atoms with van der Waals surface area (Å²) in [6, 6.07) is 0. The zero-order chi connectivity index (χ0) is 10.8. The van der Waals surface area contributed by atoms with Crippen LogP contribution in [0.1, 0.15) is 39.0 Å². The Balaban J connectivity index is 3.27. The molecule has 0 heterocycles. The van der Waals surface area contributed by atoms with Gasteiger partial charge in [-0.1, -0.05) is 26.2 Å². The van der Waals surface area contributed by atoms with Crippen LogP contribution in [-0.2, 0) is 9.53 Å². The Morgan fingerprint density at radius 3 is 2.71 bits per heavy atom. The van der Waals surface area contributed by atoms with Gasteiger partial charge in [0.05, 0.1) is 19.1 Å². The average Bonchev–Trinajstić information content (AvgIpc) is 2.17. The molecule has 0 amide bonds. The summed E-state index contributed by atoms with van der Waals surface area (Å²) in [5, 5.41) is 9.04. The van der Waals surface area contributed by atoms with E-state index in [2.05, 4.69) is 6.92 Å². The van der Waals surface area contributed by atoms with E-state index in [0.29, 0.717) is 6.61 Å². The van der Waals surface area contributed by atoms with Crippen LogP contribution in [0.4, 0.5) is 0 Å². The van der Waals surface area contributed by atoms with E-state index in [1.165, 1.54) is 12.8 Å². The molecule has 0 saturated heterocycles. The van der Waals surface area contributed by atoms with Gasteiger partial charge in [0.2, 0.25) is 0 Å². The van der Waals surface area contributed by atoms with Crippen LogP contribution < -0.4 is 0 Å². The molecule has 0 aliphatic rings. The molecule has 3 nitrogen and oxygen atoms in total. The molecule has 0 radical (unpaired) electrons. The molecule has 0 aromatic rings. The van der Waals surface area contributed by atoms with E-state index in [0.717, 1.165) is 12.8 Å². The van der Waals surface area contributed by atoms with Crippen molar-refractivity contribution in [1.82, 2.24) is 0 Å². The second kappa shape index (κ2) is 9.28. The number of halogens is 1. The largest absolute Gasteiger partial charge is 0.466 e. The number of aliphatic hydroxyl groups excluding tert-OH is 1. The van der Waals surface area contributed by atoms with E-state index in [9.17, 15) is 4.79 Å². The lowest BCUT2D eigenvalue weighted by atomic mass is 10.2. The first-order valence-corrected chi connectivity index (χ1v) is 5.63. The topological polar surface area (TPSA) is 46.5 Å². The van der Waals surface area contributed by atoms with Crippen LogP contribution >= 0.6 is 11.6 Å². The van der Waals surface area contributed by atoms with Crippen molar-refractivity contribution in [2.24, 2.45) is 0 Å². The van der Waals surface area contributed by atoms with Crippen LogP contribution in [-0.4, -0.2) is 29.7 Å². The molecule has 1 N–H and O–H groups in total. The maximum absolute atomic E-state index is 11.0. The van der Waals surface area contributed by atoms with Crippen LogP contribution in [0.3, 0.4) is 0 Å². The molecular weight excluding hydrogens is 204 g/mol. The van der Waals surface area contributed by atoms with Gasteiger partial charge in [-0.15, -0.1) is 11.6 Å². The second-order valence-electron chi connectivity index (χ2n) is 3.29. The second-order valence-corrected chi connectivity index (χ2v) is 3.60. The van der Waals surface area contributed by atoms with Crippen molar-refractivity contribution in [3.63, 3.8) is 0 Å². The summed E-state index contributed by atoms with van der Waals surface area (Å²) in [4.78, 5) is 11.0. The van der Waals surface area contributed by atoms with Crippen LogP contribution in [0.2, 0.25) is 0 Å². The number of alkyl halides is 1. The molecule has 4 heteroatoms. The molecule has 84 valence electrons. The lowest BCUT2D eigenvalue weighted by Gasteiger charge is -2.07. The maximum Gasteiger partial charge on any atom is 0.308 e. The Labute approximate surface area is 90.4 Å². The highest BCUT2D eigenvalue weighted by Gasteiger charge is 2.09. The van der Waals surface area contributed by atoms with Gasteiger partial charge in [-0.25, -0.2) is 0 Å². The van der Waals surface area contributed by atoms with E-state index in [-0.39, 0.29) is 18.3 Å². The number of unbranched alkanes of at least 4 members (excludes halogenated alkanes) is 3. The molecule has 1 atom stereocenters. The molecule has 0 aliphatic heterocycles. The summed E-state index contributed by atoms with van der Waals surface area (Å²) >= 11 is 5.34. The minimum absolute atomic E-state index is 0.00270. The minimum Gasteiger partial charge on any atom is -0.466 e. The monoisotopic (exact) mass is 222 g/mol. The summed E-state index contributed by atoms with van der Waals surface area (Å²) in [7, 11) is 0. The third kappa shape index (κ3) is 8.32. The van der Waals surface area contributed by atoms with Gasteiger partial charge in [0.15, 0.2) is 0 Å². The summed E-state index contributed by atoms with van der Waals surface area (Å²) in [5.74, 6) is -0.292. The summed E-state index contributed by atoms with van der Waals surface area (Å²) < 4.78 is 4.90. The zero-order valence-electron chi connectivity index (χ0n) is 8.67. The molecule has 0 aliphatic carbocycles. The number of carbonyl (C=O) groups excluding carboxylic acids is 1. The maximum atomic E-state index is 11.0. The van der Waals surface area contributed by atoms with Gasteiger partial charge < -0.3 is 9.84 Å². The summed E-state index contributed by atoms with van der Waals surface area (Å²) in [5.41, 5.74) is 0. The SMILES string of the molecule is CCCCCCOC(=O)C[C@H](O)CCl. The van der Waals surface area contributed by atoms with Gasteiger partial charge in [0, 0.05) is 5.88 Å². The lowest BCUT2D eigenvalue weighted by molar-refractivity contribution is -0.145. The quantitative estimate of drug-likeness (QED) is 0.389. The Bertz CT molecular complexity index is 150. The summed E-state index contributed by atoms with van der Waals surface area (Å²) in [6.45, 7) is 2.58. The van der Waals surface area contributed by atoms with E-state index in [4.69, 9.17) is 21.4 Å². The van der Waals surface area contributed by atoms with Crippen LogP contribution in [0, 0.1) is 0 Å². The van der Waals surface area contributed by atoms with Crippen LogP contribution in [0.15, 0.2) is 0 Å². The molecule has 0 rings (SSSR count). The van der Waals surface area contributed by atoms with E-state index < -0.39 is 6.10 Å².